The molecule has 0 aromatic carbocycles. The fourth-order valence-corrected chi connectivity index (χ4v) is 3.36. The second-order valence-electron chi connectivity index (χ2n) is 6.43. The molecule has 0 amide bonds. The summed E-state index contributed by atoms with van der Waals surface area (Å²) in [6.45, 7) is 3.85. The van der Waals surface area contributed by atoms with E-state index in [1.807, 2.05) is 6.92 Å². The zero-order chi connectivity index (χ0) is 15.1. The molecule has 120 valence electrons. The highest BCUT2D eigenvalue weighted by molar-refractivity contribution is 5.72. The molecule has 0 unspecified atom stereocenters. The van der Waals surface area contributed by atoms with Crippen molar-refractivity contribution in [1.29, 1.82) is 0 Å². The van der Waals surface area contributed by atoms with Crippen molar-refractivity contribution in [3.05, 3.63) is 11.6 Å². The Kier molecular flexibility index (Phi) is 6.24. The van der Waals surface area contributed by atoms with Crippen LogP contribution in [0.3, 0.4) is 0 Å². The molecule has 2 N–H and O–H groups in total. The van der Waals surface area contributed by atoms with Crippen molar-refractivity contribution in [2.45, 2.75) is 63.9 Å². The van der Waals surface area contributed by atoms with Gasteiger partial charge in [-0.1, -0.05) is 11.6 Å². The summed E-state index contributed by atoms with van der Waals surface area (Å²) in [5.74, 6) is -0.116. The molecule has 0 aromatic heterocycles. The summed E-state index contributed by atoms with van der Waals surface area (Å²) in [4.78, 5) is 11.7. The van der Waals surface area contributed by atoms with Crippen molar-refractivity contribution in [2.75, 3.05) is 19.7 Å². The molecule has 4 nitrogen and oxygen atoms in total. The van der Waals surface area contributed by atoms with E-state index in [4.69, 9.17) is 4.74 Å². The van der Waals surface area contributed by atoms with Crippen molar-refractivity contribution in [2.24, 2.45) is 5.92 Å². The Morgan fingerprint density at radius 2 is 2.24 bits per heavy atom. The van der Waals surface area contributed by atoms with Gasteiger partial charge in [0.05, 0.1) is 18.1 Å². The molecule has 0 bridgehead atoms. The molecule has 1 fully saturated rings. The lowest BCUT2D eigenvalue weighted by molar-refractivity contribution is -0.151. The van der Waals surface area contributed by atoms with Crippen molar-refractivity contribution in [1.82, 2.24) is 5.32 Å². The quantitative estimate of drug-likeness (QED) is 0.430. The average Bonchev–Trinajstić information content (AvgIpc) is 2.98. The van der Waals surface area contributed by atoms with E-state index in [1.165, 1.54) is 19.3 Å². The van der Waals surface area contributed by atoms with E-state index in [1.54, 1.807) is 5.57 Å². The molecule has 0 saturated heterocycles. The zero-order valence-corrected chi connectivity index (χ0v) is 13.2. The van der Waals surface area contributed by atoms with Gasteiger partial charge in [0.2, 0.25) is 0 Å². The monoisotopic (exact) mass is 295 g/mol. The highest BCUT2D eigenvalue weighted by Crippen LogP contribution is 2.32. The van der Waals surface area contributed by atoms with Crippen LogP contribution in [0.1, 0.15) is 58.3 Å². The molecule has 4 heteroatoms. The third kappa shape index (κ3) is 5.11. The van der Waals surface area contributed by atoms with Crippen LogP contribution in [0.15, 0.2) is 11.6 Å². The van der Waals surface area contributed by atoms with Crippen LogP contribution in [0, 0.1) is 5.92 Å². The van der Waals surface area contributed by atoms with Gasteiger partial charge in [-0.3, -0.25) is 4.79 Å². The standard InChI is InChI=1S/C17H29NO3/c1-2-21-16(19)15-7-10-17(20,11-8-15)13-18-12-9-14-5-3-4-6-14/h5,15,18,20H,2-4,6-13H2,1H3. The Balaban J connectivity index is 1.63. The topological polar surface area (TPSA) is 58.6 Å². The Morgan fingerprint density at radius 1 is 1.48 bits per heavy atom. The van der Waals surface area contributed by atoms with E-state index in [9.17, 15) is 9.90 Å². The Bertz CT molecular complexity index is 370. The summed E-state index contributed by atoms with van der Waals surface area (Å²) >= 11 is 0. The summed E-state index contributed by atoms with van der Waals surface area (Å²) in [7, 11) is 0. The Hall–Kier alpha value is -0.870. The molecule has 2 aliphatic rings. The Labute approximate surface area is 127 Å². The predicted molar refractivity (Wildman–Crippen MR) is 83.0 cm³/mol. The normalized spacial score (nSPS) is 29.2. The van der Waals surface area contributed by atoms with E-state index in [0.717, 1.165) is 25.8 Å². The first-order chi connectivity index (χ1) is 10.1. The third-order valence-electron chi connectivity index (χ3n) is 4.75. The fraction of sp³-hybridized carbons (Fsp3) is 0.824. The number of allylic oxidation sites excluding steroid dienone is 1. The summed E-state index contributed by atoms with van der Waals surface area (Å²) in [5, 5.41) is 13.9. The minimum Gasteiger partial charge on any atom is -0.466 e. The van der Waals surface area contributed by atoms with Crippen molar-refractivity contribution in [3.63, 3.8) is 0 Å². The number of esters is 1. The van der Waals surface area contributed by atoms with Gasteiger partial charge in [-0.2, -0.15) is 0 Å². The smallest absolute Gasteiger partial charge is 0.308 e. The number of aliphatic hydroxyl groups is 1. The maximum Gasteiger partial charge on any atom is 0.308 e. The zero-order valence-electron chi connectivity index (χ0n) is 13.2. The van der Waals surface area contributed by atoms with Crippen molar-refractivity contribution >= 4 is 5.97 Å². The summed E-state index contributed by atoms with van der Waals surface area (Å²) in [5.41, 5.74) is 0.910. The van der Waals surface area contributed by atoms with Gasteiger partial charge in [0, 0.05) is 6.54 Å². The van der Waals surface area contributed by atoms with Crippen LogP contribution >= 0.6 is 0 Å². The van der Waals surface area contributed by atoms with Gasteiger partial charge in [-0.05, 0) is 64.8 Å². The minimum absolute atomic E-state index is 0.0196. The lowest BCUT2D eigenvalue weighted by Crippen LogP contribution is -2.44. The fourth-order valence-electron chi connectivity index (χ4n) is 3.36. The second-order valence-corrected chi connectivity index (χ2v) is 6.43. The number of ether oxygens (including phenoxy) is 1. The lowest BCUT2D eigenvalue weighted by atomic mass is 9.78. The molecule has 0 heterocycles. The molecule has 21 heavy (non-hydrogen) atoms. The van der Waals surface area contributed by atoms with Gasteiger partial charge in [0.15, 0.2) is 0 Å². The van der Waals surface area contributed by atoms with Gasteiger partial charge in [-0.15, -0.1) is 0 Å². The molecule has 0 radical (unpaired) electrons. The minimum atomic E-state index is -0.646. The molecular formula is C17H29NO3. The predicted octanol–water partition coefficient (Wildman–Crippen LogP) is 2.56. The summed E-state index contributed by atoms with van der Waals surface area (Å²) in [6, 6.07) is 0. The number of nitrogens with one attached hydrogen (secondary N) is 1. The largest absolute Gasteiger partial charge is 0.466 e. The lowest BCUT2D eigenvalue weighted by Gasteiger charge is -2.35. The molecule has 0 aromatic rings. The van der Waals surface area contributed by atoms with Crippen LogP contribution in [0.4, 0.5) is 0 Å². The van der Waals surface area contributed by atoms with Gasteiger partial charge >= 0.3 is 5.97 Å². The van der Waals surface area contributed by atoms with Crippen LogP contribution in [-0.2, 0) is 9.53 Å². The van der Waals surface area contributed by atoms with Gasteiger partial charge in [-0.25, -0.2) is 0 Å². The average molecular weight is 295 g/mol. The van der Waals surface area contributed by atoms with E-state index in [0.29, 0.717) is 26.0 Å². The van der Waals surface area contributed by atoms with E-state index < -0.39 is 5.60 Å². The molecule has 0 atom stereocenters. The second kappa shape index (κ2) is 7.95. The van der Waals surface area contributed by atoms with E-state index in [2.05, 4.69) is 11.4 Å². The van der Waals surface area contributed by atoms with Crippen LogP contribution in [0.25, 0.3) is 0 Å². The maximum atomic E-state index is 11.7. The van der Waals surface area contributed by atoms with Crippen LogP contribution in [0.2, 0.25) is 0 Å². The number of rotatable bonds is 7. The number of carbonyl (C=O) groups is 1. The van der Waals surface area contributed by atoms with Gasteiger partial charge in [0.1, 0.15) is 0 Å². The SMILES string of the molecule is CCOC(=O)C1CCC(O)(CNCCC2=CCCC2)CC1. The van der Waals surface area contributed by atoms with Gasteiger partial charge < -0.3 is 15.2 Å². The van der Waals surface area contributed by atoms with Gasteiger partial charge in [0.25, 0.3) is 0 Å². The molecule has 1 saturated carbocycles. The number of carbonyl (C=O) groups excluding carboxylic acids is 1. The number of hydrogen-bond acceptors (Lipinski definition) is 4. The molecule has 0 aliphatic heterocycles. The van der Waals surface area contributed by atoms with E-state index in [-0.39, 0.29) is 11.9 Å². The first-order valence-corrected chi connectivity index (χ1v) is 8.40. The summed E-state index contributed by atoms with van der Waals surface area (Å²) < 4.78 is 5.06. The molecule has 2 aliphatic carbocycles. The Morgan fingerprint density at radius 3 is 2.86 bits per heavy atom. The maximum absolute atomic E-state index is 11.7. The first-order valence-electron chi connectivity index (χ1n) is 8.40. The van der Waals surface area contributed by atoms with Crippen LogP contribution in [-0.4, -0.2) is 36.4 Å². The van der Waals surface area contributed by atoms with Crippen molar-refractivity contribution in [3.8, 4) is 0 Å². The van der Waals surface area contributed by atoms with Crippen LogP contribution < -0.4 is 5.32 Å². The van der Waals surface area contributed by atoms with E-state index >= 15 is 0 Å². The molecular weight excluding hydrogens is 266 g/mol. The number of hydrogen-bond donors (Lipinski definition) is 2. The molecule has 0 spiro atoms. The molecule has 2 rings (SSSR count). The summed E-state index contributed by atoms with van der Waals surface area (Å²) in [6.07, 6.45) is 10.1. The first kappa shape index (κ1) is 16.5. The van der Waals surface area contributed by atoms with Crippen molar-refractivity contribution < 1.29 is 14.6 Å². The highest BCUT2D eigenvalue weighted by Gasteiger charge is 2.35. The van der Waals surface area contributed by atoms with Crippen LogP contribution in [0.5, 0.6) is 0 Å². The highest BCUT2D eigenvalue weighted by atomic mass is 16.5. The third-order valence-corrected chi connectivity index (χ3v) is 4.75.